The summed E-state index contributed by atoms with van der Waals surface area (Å²) in [5, 5.41) is 9.63. The molecule has 0 saturated carbocycles. The molecule has 0 bridgehead atoms. The molecule has 0 fully saturated rings. The molecule has 0 radical (unpaired) electrons. The lowest BCUT2D eigenvalue weighted by Crippen LogP contribution is -2.12. The number of hydrogen-bond donors (Lipinski definition) is 2. The maximum absolute atomic E-state index is 12.6. The Morgan fingerprint density at radius 1 is 0.969 bits per heavy atom. The molecule has 0 saturated heterocycles. The van der Waals surface area contributed by atoms with E-state index < -0.39 is 0 Å². The lowest BCUT2D eigenvalue weighted by atomic mass is 10.1. The monoisotopic (exact) mass is 459 g/mol. The highest BCUT2D eigenvalue weighted by atomic mass is 32.2. The molecule has 0 aliphatic rings. The average Bonchev–Trinajstić information content (AvgIpc) is 3.25. The molecule has 162 valence electrons. The summed E-state index contributed by atoms with van der Waals surface area (Å²) in [6.07, 6.45) is 0. The van der Waals surface area contributed by atoms with Crippen LogP contribution < -0.4 is 10.6 Å². The second-order valence-electron chi connectivity index (χ2n) is 7.48. The van der Waals surface area contributed by atoms with E-state index in [0.29, 0.717) is 5.56 Å². The normalized spacial score (nSPS) is 11.7. The molecule has 1 heterocycles. The molecular formula is C26H25N3OS2. The number of nitrogens with one attached hydrogen (secondary N) is 2. The van der Waals surface area contributed by atoms with Crippen molar-refractivity contribution < 1.29 is 4.79 Å². The Balaban J connectivity index is 1.30. The zero-order valence-electron chi connectivity index (χ0n) is 18.0. The molecular weight excluding hydrogens is 434 g/mol. The molecule has 1 aromatic heterocycles. The zero-order chi connectivity index (χ0) is 22.3. The van der Waals surface area contributed by atoms with Crippen molar-refractivity contribution in [3.05, 3.63) is 106 Å². The molecule has 1 unspecified atom stereocenters. The number of nitrogens with zero attached hydrogens (tertiary/aromatic N) is 1. The molecule has 4 aromatic rings. The first-order chi connectivity index (χ1) is 15.6. The largest absolute Gasteiger partial charge is 0.379 e. The number of anilines is 2. The van der Waals surface area contributed by atoms with Gasteiger partial charge in [0.15, 0.2) is 0 Å². The van der Waals surface area contributed by atoms with Gasteiger partial charge in [0.1, 0.15) is 0 Å². The average molecular weight is 460 g/mol. The predicted octanol–water partition coefficient (Wildman–Crippen LogP) is 7.17. The summed E-state index contributed by atoms with van der Waals surface area (Å²) in [6.45, 7) is 4.15. The van der Waals surface area contributed by atoms with Gasteiger partial charge in [0.2, 0.25) is 0 Å². The van der Waals surface area contributed by atoms with Gasteiger partial charge in [-0.3, -0.25) is 4.79 Å². The van der Waals surface area contributed by atoms with Crippen molar-refractivity contribution in [3.63, 3.8) is 0 Å². The number of aromatic nitrogens is 1. The zero-order valence-corrected chi connectivity index (χ0v) is 19.7. The van der Waals surface area contributed by atoms with Gasteiger partial charge < -0.3 is 10.6 Å². The summed E-state index contributed by atoms with van der Waals surface area (Å²) >= 11 is 3.39. The van der Waals surface area contributed by atoms with Crippen molar-refractivity contribution in [1.82, 2.24) is 4.98 Å². The minimum absolute atomic E-state index is 0.116. The number of thiazole rings is 1. The standard InChI is InChI=1S/C26H25N3OS2/c1-18(20-6-4-3-5-7-20)27-22-10-12-23(13-11-22)29-26(30)21-8-14-25(15-9-21)32-17-24-16-31-19(2)28-24/h3-16,18,27H,17H2,1-2H3,(H,29,30). The van der Waals surface area contributed by atoms with E-state index in [0.717, 1.165) is 32.7 Å². The van der Waals surface area contributed by atoms with Crippen molar-refractivity contribution >= 4 is 40.4 Å². The third-order valence-corrected chi connectivity index (χ3v) is 6.86. The quantitative estimate of drug-likeness (QED) is 0.274. The van der Waals surface area contributed by atoms with Crippen LogP contribution in [0.25, 0.3) is 0 Å². The predicted molar refractivity (Wildman–Crippen MR) is 136 cm³/mol. The highest BCUT2D eigenvalue weighted by Gasteiger charge is 2.08. The van der Waals surface area contributed by atoms with E-state index in [4.69, 9.17) is 0 Å². The van der Waals surface area contributed by atoms with Crippen LogP contribution >= 0.6 is 23.1 Å². The highest BCUT2D eigenvalue weighted by molar-refractivity contribution is 7.98. The van der Waals surface area contributed by atoms with Gasteiger partial charge in [0, 0.05) is 39.0 Å². The first-order valence-corrected chi connectivity index (χ1v) is 12.3. The van der Waals surface area contributed by atoms with Crippen molar-refractivity contribution in [2.45, 2.75) is 30.5 Å². The number of carbonyl (C=O) groups excluding carboxylic acids is 1. The SMILES string of the molecule is Cc1nc(CSc2ccc(C(=O)Nc3ccc(NC(C)c4ccccc4)cc3)cc2)cs1. The van der Waals surface area contributed by atoms with Crippen LogP contribution in [0.1, 0.15) is 39.6 Å². The number of hydrogen-bond acceptors (Lipinski definition) is 5. The van der Waals surface area contributed by atoms with Gasteiger partial charge in [-0.25, -0.2) is 4.98 Å². The molecule has 2 N–H and O–H groups in total. The van der Waals surface area contributed by atoms with E-state index in [-0.39, 0.29) is 11.9 Å². The first-order valence-electron chi connectivity index (χ1n) is 10.4. The van der Waals surface area contributed by atoms with Crippen LogP contribution in [0.2, 0.25) is 0 Å². The second kappa shape index (κ2) is 10.5. The van der Waals surface area contributed by atoms with Gasteiger partial charge in [-0.05, 0) is 67.9 Å². The van der Waals surface area contributed by atoms with E-state index in [2.05, 4.69) is 40.1 Å². The van der Waals surface area contributed by atoms with Crippen LogP contribution in [-0.2, 0) is 5.75 Å². The van der Waals surface area contributed by atoms with Crippen LogP contribution in [0.3, 0.4) is 0 Å². The molecule has 1 amide bonds. The van der Waals surface area contributed by atoms with Crippen LogP contribution in [0.15, 0.2) is 89.1 Å². The Hall–Kier alpha value is -3.09. The molecule has 4 nitrogen and oxygen atoms in total. The van der Waals surface area contributed by atoms with E-state index in [1.54, 1.807) is 23.1 Å². The number of carbonyl (C=O) groups is 1. The highest BCUT2D eigenvalue weighted by Crippen LogP contribution is 2.25. The Bertz CT molecular complexity index is 1160. The second-order valence-corrected chi connectivity index (χ2v) is 9.59. The number of rotatable bonds is 8. The molecule has 4 rings (SSSR count). The molecule has 32 heavy (non-hydrogen) atoms. The summed E-state index contributed by atoms with van der Waals surface area (Å²) in [4.78, 5) is 18.2. The van der Waals surface area contributed by atoms with E-state index >= 15 is 0 Å². The summed E-state index contributed by atoms with van der Waals surface area (Å²) < 4.78 is 0. The lowest BCUT2D eigenvalue weighted by molar-refractivity contribution is 0.102. The van der Waals surface area contributed by atoms with Crippen molar-refractivity contribution in [1.29, 1.82) is 0 Å². The molecule has 0 aliphatic heterocycles. The van der Waals surface area contributed by atoms with Gasteiger partial charge in [0.25, 0.3) is 5.91 Å². The summed E-state index contributed by atoms with van der Waals surface area (Å²) in [5.41, 5.74) is 4.74. The Morgan fingerprint density at radius 3 is 2.31 bits per heavy atom. The van der Waals surface area contributed by atoms with Crippen molar-refractivity contribution in [2.75, 3.05) is 10.6 Å². The number of amides is 1. The van der Waals surface area contributed by atoms with Crippen LogP contribution in [0.5, 0.6) is 0 Å². The molecule has 6 heteroatoms. The summed E-state index contributed by atoms with van der Waals surface area (Å²) in [6, 6.07) is 26.0. The minimum Gasteiger partial charge on any atom is -0.379 e. The van der Waals surface area contributed by atoms with Crippen LogP contribution in [0, 0.1) is 6.92 Å². The summed E-state index contributed by atoms with van der Waals surface area (Å²) in [5.74, 6) is 0.717. The number of aryl methyl sites for hydroxylation is 1. The van der Waals surface area contributed by atoms with Gasteiger partial charge >= 0.3 is 0 Å². The van der Waals surface area contributed by atoms with Gasteiger partial charge in [-0.2, -0.15) is 0 Å². The van der Waals surface area contributed by atoms with Crippen LogP contribution in [-0.4, -0.2) is 10.9 Å². The van der Waals surface area contributed by atoms with E-state index in [1.807, 2.05) is 73.7 Å². The third-order valence-electron chi connectivity index (χ3n) is 5.00. The molecule has 3 aromatic carbocycles. The third kappa shape index (κ3) is 5.99. The lowest BCUT2D eigenvalue weighted by Gasteiger charge is -2.16. The number of thioether (sulfide) groups is 1. The first kappa shape index (κ1) is 22.1. The molecule has 1 atom stereocenters. The smallest absolute Gasteiger partial charge is 0.255 e. The number of benzene rings is 3. The van der Waals surface area contributed by atoms with Crippen molar-refractivity contribution in [2.24, 2.45) is 0 Å². The summed E-state index contributed by atoms with van der Waals surface area (Å²) in [7, 11) is 0. The fourth-order valence-corrected chi connectivity index (χ4v) is 4.77. The van der Waals surface area contributed by atoms with Crippen molar-refractivity contribution in [3.8, 4) is 0 Å². The Morgan fingerprint density at radius 2 is 1.66 bits per heavy atom. The maximum atomic E-state index is 12.6. The molecule has 0 aliphatic carbocycles. The maximum Gasteiger partial charge on any atom is 0.255 e. The Kier molecular flexibility index (Phi) is 7.24. The van der Waals surface area contributed by atoms with E-state index in [9.17, 15) is 4.79 Å². The Labute approximate surface area is 197 Å². The molecule has 0 spiro atoms. The van der Waals surface area contributed by atoms with Crippen LogP contribution in [0.4, 0.5) is 11.4 Å². The van der Waals surface area contributed by atoms with E-state index in [1.165, 1.54) is 5.56 Å². The topological polar surface area (TPSA) is 54.0 Å². The van der Waals surface area contributed by atoms with Gasteiger partial charge in [-0.1, -0.05) is 30.3 Å². The minimum atomic E-state index is -0.116. The fraction of sp³-hybridized carbons (Fsp3) is 0.154. The van der Waals surface area contributed by atoms with Gasteiger partial charge in [0.05, 0.1) is 10.7 Å². The fourth-order valence-electron chi connectivity index (χ4n) is 3.26. The van der Waals surface area contributed by atoms with Gasteiger partial charge in [-0.15, -0.1) is 23.1 Å².